The first kappa shape index (κ1) is 15.9. The highest BCUT2D eigenvalue weighted by Gasteiger charge is 2.36. The molecular weight excluding hydrogens is 332 g/mol. The van der Waals surface area contributed by atoms with Crippen LogP contribution in [0.25, 0.3) is 0 Å². The molecule has 0 saturated heterocycles. The van der Waals surface area contributed by atoms with Crippen LogP contribution in [0.2, 0.25) is 0 Å². The Balaban J connectivity index is 2.09. The van der Waals surface area contributed by atoms with E-state index >= 15 is 0 Å². The number of halogens is 1. The monoisotopic (exact) mass is 352 g/mol. The predicted molar refractivity (Wildman–Crippen MR) is 87.5 cm³/mol. The summed E-state index contributed by atoms with van der Waals surface area (Å²) >= 11 is 5.18. The molecule has 1 aromatic heterocycles. The van der Waals surface area contributed by atoms with Gasteiger partial charge in [0.25, 0.3) is 0 Å². The predicted octanol–water partition coefficient (Wildman–Crippen LogP) is 5.29. The smallest absolute Gasteiger partial charge is 0.0963 e. The highest BCUT2D eigenvalue weighted by molar-refractivity contribution is 9.10. The van der Waals surface area contributed by atoms with Crippen LogP contribution in [-0.2, 0) is 0 Å². The van der Waals surface area contributed by atoms with E-state index in [9.17, 15) is 5.26 Å². The maximum absolute atomic E-state index is 9.38. The second kappa shape index (κ2) is 6.49. The first-order chi connectivity index (χ1) is 9.40. The van der Waals surface area contributed by atoms with Crippen molar-refractivity contribution in [3.63, 3.8) is 0 Å². The molecule has 1 aliphatic rings. The van der Waals surface area contributed by atoms with E-state index in [-0.39, 0.29) is 5.92 Å². The summed E-state index contributed by atoms with van der Waals surface area (Å²) in [5, 5.41) is 10.8. The summed E-state index contributed by atoms with van der Waals surface area (Å²) in [6.45, 7) is 6.93. The molecule has 1 aliphatic carbocycles. The molecular formula is C16H21BrN2S. The van der Waals surface area contributed by atoms with Gasteiger partial charge in [0.15, 0.2) is 0 Å². The molecule has 1 aromatic rings. The Hall–Kier alpha value is -0.530. The maximum Gasteiger partial charge on any atom is 0.0963 e. The van der Waals surface area contributed by atoms with Crippen molar-refractivity contribution in [3.05, 3.63) is 22.8 Å². The fourth-order valence-corrected chi connectivity index (χ4v) is 4.28. The van der Waals surface area contributed by atoms with Crippen molar-refractivity contribution >= 4 is 27.7 Å². The number of aromatic nitrogens is 1. The minimum Gasteiger partial charge on any atom is -0.249 e. The van der Waals surface area contributed by atoms with Gasteiger partial charge in [0.05, 0.1) is 17.0 Å². The van der Waals surface area contributed by atoms with E-state index in [1.54, 1.807) is 11.8 Å². The lowest BCUT2D eigenvalue weighted by atomic mass is 9.70. The van der Waals surface area contributed by atoms with Crippen LogP contribution in [0.15, 0.2) is 27.8 Å². The highest BCUT2D eigenvalue weighted by atomic mass is 79.9. The number of hydrogen-bond donors (Lipinski definition) is 0. The molecule has 0 aliphatic heterocycles. The molecule has 3 atom stereocenters. The number of hydrogen-bond acceptors (Lipinski definition) is 3. The quantitative estimate of drug-likeness (QED) is 0.725. The lowest BCUT2D eigenvalue weighted by molar-refractivity contribution is 0.169. The number of nitrogens with zero attached hydrogens (tertiary/aromatic N) is 2. The van der Waals surface area contributed by atoms with Gasteiger partial charge in [-0.15, -0.1) is 11.8 Å². The number of rotatable bonds is 2. The third kappa shape index (κ3) is 3.99. The fourth-order valence-electron chi connectivity index (χ4n) is 2.78. The Morgan fingerprint density at radius 3 is 2.65 bits per heavy atom. The molecule has 4 heteroatoms. The molecule has 0 spiro atoms. The molecule has 108 valence electrons. The summed E-state index contributed by atoms with van der Waals surface area (Å²) < 4.78 is 0.995. The van der Waals surface area contributed by atoms with E-state index < -0.39 is 0 Å². The summed E-state index contributed by atoms with van der Waals surface area (Å²) in [5.74, 6) is 0.851. The van der Waals surface area contributed by atoms with Crippen molar-refractivity contribution in [3.8, 4) is 6.07 Å². The van der Waals surface area contributed by atoms with Gasteiger partial charge in [0.2, 0.25) is 0 Å². The van der Waals surface area contributed by atoms with Crippen LogP contribution < -0.4 is 0 Å². The molecule has 0 bridgehead atoms. The van der Waals surface area contributed by atoms with Crippen molar-refractivity contribution in [2.24, 2.45) is 17.3 Å². The summed E-state index contributed by atoms with van der Waals surface area (Å²) in [7, 11) is 0. The lowest BCUT2D eigenvalue weighted by Crippen LogP contribution is -2.33. The molecule has 1 heterocycles. The van der Waals surface area contributed by atoms with Crippen LogP contribution in [0, 0.1) is 28.6 Å². The van der Waals surface area contributed by atoms with Gasteiger partial charge in [-0.3, -0.25) is 0 Å². The van der Waals surface area contributed by atoms with Crippen LogP contribution in [-0.4, -0.2) is 10.2 Å². The fraction of sp³-hybridized carbons (Fsp3) is 0.625. The summed E-state index contributed by atoms with van der Waals surface area (Å²) in [6.07, 6.45) is 5.14. The molecule has 0 radical (unpaired) electrons. The second-order valence-electron chi connectivity index (χ2n) is 6.58. The van der Waals surface area contributed by atoms with Crippen LogP contribution in [0.1, 0.15) is 40.0 Å². The molecule has 3 unspecified atom stereocenters. The Bertz CT molecular complexity index is 487. The topological polar surface area (TPSA) is 36.7 Å². The van der Waals surface area contributed by atoms with E-state index in [2.05, 4.69) is 47.8 Å². The van der Waals surface area contributed by atoms with Gasteiger partial charge >= 0.3 is 0 Å². The summed E-state index contributed by atoms with van der Waals surface area (Å²) in [5.41, 5.74) is 0.326. The molecule has 2 rings (SSSR count). The number of nitriles is 1. The molecule has 0 aromatic carbocycles. The largest absolute Gasteiger partial charge is 0.249 e. The Morgan fingerprint density at radius 1 is 1.35 bits per heavy atom. The van der Waals surface area contributed by atoms with E-state index in [0.29, 0.717) is 16.6 Å². The van der Waals surface area contributed by atoms with Gasteiger partial charge in [-0.1, -0.05) is 20.8 Å². The van der Waals surface area contributed by atoms with E-state index in [4.69, 9.17) is 0 Å². The van der Waals surface area contributed by atoms with Gasteiger partial charge < -0.3 is 0 Å². The minimum atomic E-state index is 0.157. The van der Waals surface area contributed by atoms with Gasteiger partial charge in [0.1, 0.15) is 0 Å². The van der Waals surface area contributed by atoms with Crippen molar-refractivity contribution in [1.29, 1.82) is 5.26 Å². The van der Waals surface area contributed by atoms with E-state index in [1.807, 2.05) is 18.3 Å². The average Bonchev–Trinajstić information content (AvgIpc) is 2.40. The zero-order valence-electron chi connectivity index (χ0n) is 12.3. The van der Waals surface area contributed by atoms with Crippen molar-refractivity contribution < 1.29 is 0 Å². The minimum absolute atomic E-state index is 0.157. The zero-order valence-corrected chi connectivity index (χ0v) is 14.7. The first-order valence-electron chi connectivity index (χ1n) is 7.08. The number of pyridine rings is 1. The van der Waals surface area contributed by atoms with Crippen LogP contribution in [0.4, 0.5) is 0 Å². The average molecular weight is 353 g/mol. The van der Waals surface area contributed by atoms with Crippen molar-refractivity contribution in [2.75, 3.05) is 0 Å². The Kier molecular flexibility index (Phi) is 5.14. The third-order valence-corrected chi connectivity index (χ3v) is 5.93. The molecule has 1 saturated carbocycles. The van der Waals surface area contributed by atoms with Gasteiger partial charge in [-0.05, 0) is 58.7 Å². The standard InChI is InChI=1S/C16H21BrN2S/c1-16(2,3)12-5-4-11(9-18)14(8-12)20-15-7-6-13(17)10-19-15/h6-7,10-12,14H,4-5,8H2,1-3H3. The van der Waals surface area contributed by atoms with Crippen LogP contribution in [0.5, 0.6) is 0 Å². The van der Waals surface area contributed by atoms with Crippen LogP contribution in [0.3, 0.4) is 0 Å². The third-order valence-electron chi connectivity index (χ3n) is 4.15. The van der Waals surface area contributed by atoms with Gasteiger partial charge in [0, 0.05) is 15.9 Å². The van der Waals surface area contributed by atoms with E-state index in [0.717, 1.165) is 22.3 Å². The first-order valence-corrected chi connectivity index (χ1v) is 8.75. The lowest BCUT2D eigenvalue weighted by Gasteiger charge is -2.39. The zero-order chi connectivity index (χ0) is 14.8. The van der Waals surface area contributed by atoms with E-state index in [1.165, 1.54) is 6.42 Å². The van der Waals surface area contributed by atoms with Crippen molar-refractivity contribution in [2.45, 2.75) is 50.3 Å². The molecule has 2 nitrogen and oxygen atoms in total. The molecule has 0 amide bonds. The number of thioether (sulfide) groups is 1. The normalized spacial score (nSPS) is 27.1. The molecule has 1 fully saturated rings. The van der Waals surface area contributed by atoms with Gasteiger partial charge in [-0.25, -0.2) is 4.98 Å². The summed E-state index contributed by atoms with van der Waals surface area (Å²) in [4.78, 5) is 4.44. The summed E-state index contributed by atoms with van der Waals surface area (Å²) in [6, 6.07) is 6.55. The van der Waals surface area contributed by atoms with Gasteiger partial charge in [-0.2, -0.15) is 5.26 Å². The Morgan fingerprint density at radius 2 is 2.10 bits per heavy atom. The Labute approximate surface area is 134 Å². The van der Waals surface area contributed by atoms with Crippen molar-refractivity contribution in [1.82, 2.24) is 4.98 Å². The highest BCUT2D eigenvalue weighted by Crippen LogP contribution is 2.45. The molecule has 0 N–H and O–H groups in total. The SMILES string of the molecule is CC(C)(C)C1CCC(C#N)C(Sc2ccc(Br)cn2)C1. The second-order valence-corrected chi connectivity index (χ2v) is 8.76. The van der Waals surface area contributed by atoms with Crippen LogP contribution >= 0.6 is 27.7 Å². The molecule has 20 heavy (non-hydrogen) atoms. The maximum atomic E-state index is 9.38.